The quantitative estimate of drug-likeness (QED) is 0.562. The van der Waals surface area contributed by atoms with Gasteiger partial charge in [0.1, 0.15) is 5.75 Å². The molecule has 1 aromatic carbocycles. The Morgan fingerprint density at radius 2 is 1.80 bits per heavy atom. The van der Waals surface area contributed by atoms with Gasteiger partial charge in [-0.3, -0.25) is 0 Å². The van der Waals surface area contributed by atoms with Gasteiger partial charge in [-0.25, -0.2) is 0 Å². The van der Waals surface area contributed by atoms with Crippen LogP contribution >= 0.6 is 15.9 Å². The first-order chi connectivity index (χ1) is 12.1. The summed E-state index contributed by atoms with van der Waals surface area (Å²) < 4.78 is 17.6. The Kier molecular flexibility index (Phi) is 5.13. The van der Waals surface area contributed by atoms with Gasteiger partial charge in [0.25, 0.3) is 0 Å². The van der Waals surface area contributed by atoms with Crippen molar-refractivity contribution in [1.29, 1.82) is 0 Å². The largest absolute Gasteiger partial charge is 0.466 e. The second-order valence-electron chi connectivity index (χ2n) is 8.21. The van der Waals surface area contributed by atoms with Crippen LogP contribution in [0, 0.1) is 23.8 Å². The van der Waals surface area contributed by atoms with Crippen molar-refractivity contribution in [1.82, 2.24) is 0 Å². The Bertz CT molecular complexity index is 580. The number of halogens is 1. The molecule has 0 aromatic heterocycles. The van der Waals surface area contributed by atoms with Crippen molar-refractivity contribution in [2.24, 2.45) is 17.8 Å². The van der Waals surface area contributed by atoms with Gasteiger partial charge in [-0.2, -0.15) is 0 Å². The minimum atomic E-state index is -0.251. The summed E-state index contributed by atoms with van der Waals surface area (Å²) in [7, 11) is 0. The molecular weight excluding hydrogens is 380 g/mol. The average Bonchev–Trinajstić information content (AvgIpc) is 2.55. The molecule has 0 amide bonds. The van der Waals surface area contributed by atoms with Crippen molar-refractivity contribution >= 4 is 15.9 Å². The molecule has 1 atom stereocenters. The minimum Gasteiger partial charge on any atom is -0.466 e. The van der Waals surface area contributed by atoms with Crippen LogP contribution in [0.15, 0.2) is 16.6 Å². The molecule has 0 N–H and O–H groups in total. The van der Waals surface area contributed by atoms with Gasteiger partial charge in [-0.15, -0.1) is 0 Å². The summed E-state index contributed by atoms with van der Waals surface area (Å²) in [5.41, 5.74) is 1.75. The molecule has 25 heavy (non-hydrogen) atoms. The van der Waals surface area contributed by atoms with Crippen molar-refractivity contribution in [2.45, 2.75) is 64.1 Å². The smallest absolute Gasteiger partial charge is 0.191 e. The monoisotopic (exact) mass is 407 g/mol. The number of rotatable bonds is 7. The van der Waals surface area contributed by atoms with Crippen LogP contribution in [0.1, 0.15) is 57.9 Å². The topological polar surface area (TPSA) is 27.7 Å². The molecule has 0 heterocycles. The number of hydrogen-bond acceptors (Lipinski definition) is 3. The molecule has 5 rings (SSSR count). The lowest BCUT2D eigenvalue weighted by Gasteiger charge is -2.57. The highest BCUT2D eigenvalue weighted by Gasteiger charge is 2.51. The maximum Gasteiger partial charge on any atom is 0.191 e. The second-order valence-corrected chi connectivity index (χ2v) is 9.06. The standard InChI is InChI=1S/C21H28BrO3/c1-3-23-14(2)24-13-25-20-5-4-18(9-19(20)22)21-10-15-6-16(11-21)8-17(7-15)12-21/h5,9,14-17H,3,6-8,10-13H2,1-2H3. The molecule has 1 radical (unpaired) electrons. The molecule has 0 aliphatic heterocycles. The summed E-state index contributed by atoms with van der Waals surface area (Å²) in [4.78, 5) is 0. The van der Waals surface area contributed by atoms with Crippen LogP contribution in [-0.4, -0.2) is 19.7 Å². The van der Waals surface area contributed by atoms with Crippen molar-refractivity contribution in [3.63, 3.8) is 0 Å². The molecule has 4 bridgehead atoms. The Hall–Kier alpha value is -0.580. The highest BCUT2D eigenvalue weighted by atomic mass is 79.9. The molecule has 4 heteroatoms. The third-order valence-electron chi connectivity index (χ3n) is 6.39. The van der Waals surface area contributed by atoms with Crippen molar-refractivity contribution in [3.8, 4) is 5.75 Å². The van der Waals surface area contributed by atoms with Gasteiger partial charge in [0.05, 0.1) is 4.47 Å². The Labute approximate surface area is 159 Å². The molecule has 0 saturated heterocycles. The summed E-state index contributed by atoms with van der Waals surface area (Å²) >= 11 is 3.69. The van der Waals surface area contributed by atoms with Gasteiger partial charge >= 0.3 is 0 Å². The van der Waals surface area contributed by atoms with Crippen LogP contribution in [-0.2, 0) is 14.9 Å². The Balaban J connectivity index is 1.43. The van der Waals surface area contributed by atoms with Crippen molar-refractivity contribution in [2.75, 3.05) is 13.4 Å². The third kappa shape index (κ3) is 3.63. The summed E-state index contributed by atoms with van der Waals surface area (Å²) in [6.45, 7) is 4.66. The molecule has 4 saturated carbocycles. The predicted molar refractivity (Wildman–Crippen MR) is 100 cm³/mol. The Morgan fingerprint density at radius 3 is 2.36 bits per heavy atom. The zero-order valence-corrected chi connectivity index (χ0v) is 16.8. The van der Waals surface area contributed by atoms with Crippen LogP contribution in [0.3, 0.4) is 0 Å². The van der Waals surface area contributed by atoms with Crippen molar-refractivity contribution in [3.05, 3.63) is 28.2 Å². The van der Waals surface area contributed by atoms with Gasteiger partial charge in [0.15, 0.2) is 13.1 Å². The van der Waals surface area contributed by atoms with Gasteiger partial charge in [0.2, 0.25) is 0 Å². The molecule has 1 unspecified atom stereocenters. The molecule has 3 nitrogen and oxygen atoms in total. The lowest BCUT2D eigenvalue weighted by atomic mass is 9.48. The number of benzene rings is 1. The van der Waals surface area contributed by atoms with E-state index in [4.69, 9.17) is 14.2 Å². The van der Waals surface area contributed by atoms with Crippen LogP contribution in [0.4, 0.5) is 0 Å². The van der Waals surface area contributed by atoms with E-state index in [0.29, 0.717) is 12.0 Å². The van der Waals surface area contributed by atoms with Crippen LogP contribution in [0.25, 0.3) is 0 Å². The lowest BCUT2D eigenvalue weighted by molar-refractivity contribution is -0.161. The van der Waals surface area contributed by atoms with E-state index in [0.717, 1.165) is 28.0 Å². The van der Waals surface area contributed by atoms with Gasteiger partial charge < -0.3 is 14.2 Å². The number of hydrogen-bond donors (Lipinski definition) is 0. The fraction of sp³-hybridized carbons (Fsp3) is 0.714. The molecule has 0 spiro atoms. The molecule has 4 aliphatic carbocycles. The zero-order valence-electron chi connectivity index (χ0n) is 15.2. The predicted octanol–water partition coefficient (Wildman–Crippen LogP) is 5.45. The maximum atomic E-state index is 5.75. The SMILES string of the molecule is CCOC(C)OCOc1c[c]c(C23CC4CC(CC(C4)C2)C3)cc1Br. The highest BCUT2D eigenvalue weighted by molar-refractivity contribution is 9.10. The van der Waals surface area contributed by atoms with Crippen LogP contribution in [0.2, 0.25) is 0 Å². The van der Waals surface area contributed by atoms with Crippen molar-refractivity contribution < 1.29 is 14.2 Å². The van der Waals surface area contributed by atoms with Crippen LogP contribution < -0.4 is 4.74 Å². The van der Waals surface area contributed by atoms with E-state index in [1.54, 1.807) is 0 Å². The van der Waals surface area contributed by atoms with E-state index in [9.17, 15) is 0 Å². The Morgan fingerprint density at radius 1 is 1.16 bits per heavy atom. The summed E-state index contributed by atoms with van der Waals surface area (Å²) in [6, 6.07) is 7.78. The normalized spacial score (nSPS) is 34.3. The maximum absolute atomic E-state index is 5.75. The van der Waals surface area contributed by atoms with E-state index in [-0.39, 0.29) is 13.1 Å². The molecule has 137 valence electrons. The van der Waals surface area contributed by atoms with E-state index in [1.165, 1.54) is 44.1 Å². The van der Waals surface area contributed by atoms with E-state index >= 15 is 0 Å². The fourth-order valence-electron chi connectivity index (χ4n) is 5.79. The zero-order chi connectivity index (χ0) is 17.4. The third-order valence-corrected chi connectivity index (χ3v) is 7.01. The van der Waals surface area contributed by atoms with E-state index < -0.39 is 0 Å². The first kappa shape index (κ1) is 17.8. The fourth-order valence-corrected chi connectivity index (χ4v) is 6.24. The average molecular weight is 408 g/mol. The summed E-state index contributed by atoms with van der Waals surface area (Å²) in [6.07, 6.45) is 8.23. The number of ether oxygens (including phenoxy) is 3. The molecule has 4 fully saturated rings. The minimum absolute atomic E-state index is 0.185. The van der Waals surface area contributed by atoms with Gasteiger partial charge in [-0.1, -0.05) is 0 Å². The van der Waals surface area contributed by atoms with Gasteiger partial charge in [-0.05, 0) is 115 Å². The van der Waals surface area contributed by atoms with Gasteiger partial charge in [0, 0.05) is 6.61 Å². The summed E-state index contributed by atoms with van der Waals surface area (Å²) in [5.74, 6) is 3.63. The first-order valence-corrected chi connectivity index (χ1v) is 10.4. The first-order valence-electron chi connectivity index (χ1n) is 9.65. The second kappa shape index (κ2) is 7.21. The summed E-state index contributed by atoms with van der Waals surface area (Å²) in [5, 5.41) is 0. The molecule has 1 aromatic rings. The molecular formula is C21H28BrO3. The molecule has 4 aliphatic rings. The lowest BCUT2D eigenvalue weighted by Crippen LogP contribution is -2.48. The van der Waals surface area contributed by atoms with E-state index in [2.05, 4.69) is 28.1 Å². The highest BCUT2D eigenvalue weighted by Crippen LogP contribution is 2.60. The van der Waals surface area contributed by atoms with Crippen LogP contribution in [0.5, 0.6) is 5.75 Å². The van der Waals surface area contributed by atoms with E-state index in [1.807, 2.05) is 19.9 Å².